The number of hydrogen-bond donors (Lipinski definition) is 0. The standard InChI is InChI=1S/C16H27N3O2S/c1-11(14-12(2)22-13(3)17-14)18(6)15(20)16(4,5)19-7-9-21-10-8-19/h11H,7-10H2,1-6H3/t11-/m0/s1. The number of morpholine rings is 1. The minimum Gasteiger partial charge on any atom is -0.379 e. The van der Waals surface area contributed by atoms with Gasteiger partial charge in [0.05, 0.1) is 35.5 Å². The first-order valence-corrected chi connectivity index (χ1v) is 8.60. The Labute approximate surface area is 137 Å². The largest absolute Gasteiger partial charge is 0.379 e. The summed E-state index contributed by atoms with van der Waals surface area (Å²) in [7, 11) is 1.88. The molecule has 0 saturated carbocycles. The van der Waals surface area contributed by atoms with Crippen LogP contribution in [0.15, 0.2) is 0 Å². The van der Waals surface area contributed by atoms with Gasteiger partial charge in [0.15, 0.2) is 0 Å². The quantitative estimate of drug-likeness (QED) is 0.853. The molecule has 0 unspecified atom stereocenters. The molecular weight excluding hydrogens is 298 g/mol. The molecule has 1 fully saturated rings. The Morgan fingerprint density at radius 1 is 1.36 bits per heavy atom. The minimum atomic E-state index is -0.522. The fourth-order valence-electron chi connectivity index (χ4n) is 2.98. The van der Waals surface area contributed by atoms with Crippen LogP contribution in [0.1, 0.15) is 42.4 Å². The Kier molecular flexibility index (Phi) is 5.25. The van der Waals surface area contributed by atoms with E-state index in [1.807, 2.05) is 32.7 Å². The van der Waals surface area contributed by atoms with Gasteiger partial charge >= 0.3 is 0 Å². The second-order valence-electron chi connectivity index (χ2n) is 6.42. The summed E-state index contributed by atoms with van der Waals surface area (Å²) < 4.78 is 5.40. The van der Waals surface area contributed by atoms with Gasteiger partial charge in [-0.05, 0) is 34.6 Å². The van der Waals surface area contributed by atoms with E-state index in [4.69, 9.17) is 4.74 Å². The topological polar surface area (TPSA) is 45.7 Å². The molecule has 0 bridgehead atoms. The Morgan fingerprint density at radius 2 is 1.95 bits per heavy atom. The number of carbonyl (C=O) groups is 1. The van der Waals surface area contributed by atoms with Crippen LogP contribution in [0.2, 0.25) is 0 Å². The van der Waals surface area contributed by atoms with Gasteiger partial charge in [0.2, 0.25) is 5.91 Å². The highest BCUT2D eigenvalue weighted by molar-refractivity contribution is 7.11. The molecule has 1 aromatic heterocycles. The molecule has 0 spiro atoms. The van der Waals surface area contributed by atoms with Gasteiger partial charge in [0.1, 0.15) is 0 Å². The van der Waals surface area contributed by atoms with E-state index >= 15 is 0 Å². The number of hydrogen-bond acceptors (Lipinski definition) is 5. The number of amides is 1. The van der Waals surface area contributed by atoms with Crippen LogP contribution in [0.4, 0.5) is 0 Å². The summed E-state index contributed by atoms with van der Waals surface area (Å²) in [6.45, 7) is 13.1. The summed E-state index contributed by atoms with van der Waals surface area (Å²) in [6.07, 6.45) is 0. The molecule has 22 heavy (non-hydrogen) atoms. The fourth-order valence-corrected chi connectivity index (χ4v) is 3.89. The van der Waals surface area contributed by atoms with Crippen LogP contribution >= 0.6 is 11.3 Å². The highest BCUT2D eigenvalue weighted by atomic mass is 32.1. The summed E-state index contributed by atoms with van der Waals surface area (Å²) in [5.74, 6) is 0.131. The van der Waals surface area contributed by atoms with Gasteiger partial charge < -0.3 is 9.64 Å². The number of aromatic nitrogens is 1. The normalized spacial score (nSPS) is 18.3. The smallest absolute Gasteiger partial charge is 0.242 e. The second-order valence-corrected chi connectivity index (χ2v) is 7.83. The number of thiazole rings is 1. The Morgan fingerprint density at radius 3 is 2.45 bits per heavy atom. The van der Waals surface area contributed by atoms with Crippen LogP contribution in [0.25, 0.3) is 0 Å². The van der Waals surface area contributed by atoms with Crippen LogP contribution in [0.3, 0.4) is 0 Å². The lowest BCUT2D eigenvalue weighted by molar-refractivity contribution is -0.146. The Hall–Kier alpha value is -0.980. The van der Waals surface area contributed by atoms with Crippen molar-refractivity contribution in [2.75, 3.05) is 33.4 Å². The van der Waals surface area contributed by atoms with Crippen molar-refractivity contribution in [2.45, 2.75) is 46.2 Å². The first-order valence-electron chi connectivity index (χ1n) is 7.79. The van der Waals surface area contributed by atoms with E-state index in [0.29, 0.717) is 13.2 Å². The van der Waals surface area contributed by atoms with E-state index in [9.17, 15) is 4.79 Å². The highest BCUT2D eigenvalue weighted by Crippen LogP contribution is 2.29. The maximum atomic E-state index is 13.0. The van der Waals surface area contributed by atoms with Gasteiger partial charge in [0, 0.05) is 25.0 Å². The summed E-state index contributed by atoms with van der Waals surface area (Å²) in [6, 6.07) is -0.0160. The van der Waals surface area contributed by atoms with E-state index in [1.165, 1.54) is 4.88 Å². The third kappa shape index (κ3) is 3.34. The molecule has 1 aliphatic heterocycles. The van der Waals surface area contributed by atoms with E-state index in [0.717, 1.165) is 23.8 Å². The van der Waals surface area contributed by atoms with E-state index in [-0.39, 0.29) is 11.9 Å². The lowest BCUT2D eigenvalue weighted by atomic mass is 9.98. The molecule has 2 rings (SSSR count). The second kappa shape index (κ2) is 6.64. The molecule has 124 valence electrons. The van der Waals surface area contributed by atoms with Crippen molar-refractivity contribution in [2.24, 2.45) is 0 Å². The molecule has 1 atom stereocenters. The zero-order valence-electron chi connectivity index (χ0n) is 14.5. The van der Waals surface area contributed by atoms with Crippen molar-refractivity contribution in [3.63, 3.8) is 0 Å². The van der Waals surface area contributed by atoms with Crippen LogP contribution in [-0.4, -0.2) is 59.6 Å². The number of aryl methyl sites for hydroxylation is 2. The van der Waals surface area contributed by atoms with Crippen molar-refractivity contribution >= 4 is 17.2 Å². The predicted octanol–water partition coefficient (Wildman–Crippen LogP) is 2.39. The molecule has 1 aliphatic rings. The van der Waals surface area contributed by atoms with Crippen molar-refractivity contribution in [3.8, 4) is 0 Å². The molecule has 1 aromatic rings. The maximum absolute atomic E-state index is 13.0. The molecule has 6 heteroatoms. The van der Waals surface area contributed by atoms with Crippen molar-refractivity contribution < 1.29 is 9.53 Å². The van der Waals surface area contributed by atoms with Gasteiger partial charge in [-0.25, -0.2) is 4.98 Å². The Bertz CT molecular complexity index is 535. The van der Waals surface area contributed by atoms with E-state index in [2.05, 4.69) is 23.7 Å². The molecule has 1 saturated heterocycles. The molecule has 0 aromatic carbocycles. The van der Waals surface area contributed by atoms with E-state index in [1.54, 1.807) is 11.3 Å². The average Bonchev–Trinajstić information content (AvgIpc) is 2.84. The van der Waals surface area contributed by atoms with Gasteiger partial charge in [-0.1, -0.05) is 0 Å². The molecule has 0 N–H and O–H groups in total. The molecule has 2 heterocycles. The third-order valence-corrected chi connectivity index (χ3v) is 5.46. The number of nitrogens with zero attached hydrogens (tertiary/aromatic N) is 3. The highest BCUT2D eigenvalue weighted by Gasteiger charge is 2.39. The lowest BCUT2D eigenvalue weighted by Crippen LogP contribution is -2.58. The number of carbonyl (C=O) groups excluding carboxylic acids is 1. The minimum absolute atomic E-state index is 0.0160. The van der Waals surface area contributed by atoms with Gasteiger partial charge in [0.25, 0.3) is 0 Å². The first kappa shape index (κ1) is 17.4. The summed E-state index contributed by atoms with van der Waals surface area (Å²) in [4.78, 5) is 22.8. The monoisotopic (exact) mass is 325 g/mol. The number of likely N-dealkylation sites (N-methyl/N-ethyl adjacent to an activating group) is 1. The van der Waals surface area contributed by atoms with Gasteiger partial charge in [-0.2, -0.15) is 0 Å². The average molecular weight is 325 g/mol. The van der Waals surface area contributed by atoms with Crippen LogP contribution in [0, 0.1) is 13.8 Å². The van der Waals surface area contributed by atoms with Crippen molar-refractivity contribution in [1.29, 1.82) is 0 Å². The summed E-state index contributed by atoms with van der Waals surface area (Å²) in [5, 5.41) is 1.05. The van der Waals surface area contributed by atoms with Crippen molar-refractivity contribution in [1.82, 2.24) is 14.8 Å². The van der Waals surface area contributed by atoms with Crippen molar-refractivity contribution in [3.05, 3.63) is 15.6 Å². The predicted molar refractivity (Wildman–Crippen MR) is 89.2 cm³/mol. The third-order valence-electron chi connectivity index (χ3n) is 4.56. The lowest BCUT2D eigenvalue weighted by Gasteiger charge is -2.42. The summed E-state index contributed by atoms with van der Waals surface area (Å²) >= 11 is 1.69. The Balaban J connectivity index is 2.15. The molecule has 0 aliphatic carbocycles. The van der Waals surface area contributed by atoms with Gasteiger partial charge in [-0.3, -0.25) is 9.69 Å². The van der Waals surface area contributed by atoms with Crippen LogP contribution < -0.4 is 0 Å². The van der Waals surface area contributed by atoms with Crippen LogP contribution in [0.5, 0.6) is 0 Å². The van der Waals surface area contributed by atoms with E-state index < -0.39 is 5.54 Å². The summed E-state index contributed by atoms with van der Waals surface area (Å²) in [5.41, 5.74) is 0.488. The zero-order valence-corrected chi connectivity index (χ0v) is 15.3. The molecular formula is C16H27N3O2S. The number of ether oxygens (including phenoxy) is 1. The SMILES string of the molecule is Cc1nc([C@H](C)N(C)C(=O)C(C)(C)N2CCOCC2)c(C)s1. The molecule has 5 nitrogen and oxygen atoms in total. The maximum Gasteiger partial charge on any atom is 0.242 e. The van der Waals surface area contributed by atoms with Gasteiger partial charge in [-0.15, -0.1) is 11.3 Å². The van der Waals surface area contributed by atoms with Crippen LogP contribution in [-0.2, 0) is 9.53 Å². The molecule has 1 amide bonds. The fraction of sp³-hybridized carbons (Fsp3) is 0.750. The molecule has 0 radical (unpaired) electrons. The zero-order chi connectivity index (χ0) is 16.5. The number of rotatable bonds is 4. The first-order chi connectivity index (χ1) is 10.2.